The van der Waals surface area contributed by atoms with Crippen LogP contribution in [0.25, 0.3) is 0 Å². The molecule has 0 saturated carbocycles. The second kappa shape index (κ2) is 11.0. The lowest BCUT2D eigenvalue weighted by molar-refractivity contribution is 0.0621. The molecule has 10 nitrogen and oxygen atoms in total. The fraction of sp³-hybridized carbons (Fsp3) is 0.407. The van der Waals surface area contributed by atoms with E-state index in [0.29, 0.717) is 73.1 Å². The van der Waals surface area contributed by atoms with Gasteiger partial charge in [0.2, 0.25) is 0 Å². The third-order valence-corrected chi connectivity index (χ3v) is 6.97. The molecule has 1 fully saturated rings. The number of piperazine rings is 1. The number of Topliss-reactive ketones (excluding diaryl/α,β-unsaturated/α-hetero) is 1. The van der Waals surface area contributed by atoms with Gasteiger partial charge >= 0.3 is 0 Å². The van der Waals surface area contributed by atoms with Crippen molar-refractivity contribution in [3.8, 4) is 5.75 Å². The highest BCUT2D eigenvalue weighted by Crippen LogP contribution is 2.20. The van der Waals surface area contributed by atoms with E-state index in [2.05, 4.69) is 5.16 Å². The Hall–Kier alpha value is -3.92. The number of nitrogens with two attached hydrogens (primary N) is 1. The van der Waals surface area contributed by atoms with E-state index < -0.39 is 5.91 Å². The molecule has 1 aromatic carbocycles. The lowest BCUT2D eigenvalue weighted by atomic mass is 10.1. The summed E-state index contributed by atoms with van der Waals surface area (Å²) in [5, 5.41) is 3.87. The molecule has 1 aliphatic rings. The Balaban J connectivity index is 1.42. The molecule has 10 heteroatoms. The summed E-state index contributed by atoms with van der Waals surface area (Å²) in [5.41, 5.74) is 9.27. The Morgan fingerprint density at radius 3 is 2.30 bits per heavy atom. The number of methoxy groups -OCH3 is 1. The summed E-state index contributed by atoms with van der Waals surface area (Å²) >= 11 is 0. The molecule has 0 atom stereocenters. The van der Waals surface area contributed by atoms with Crippen LogP contribution in [0.1, 0.15) is 53.9 Å². The molecule has 3 heterocycles. The molecule has 2 N–H and O–H groups in total. The molecule has 196 valence electrons. The van der Waals surface area contributed by atoms with Crippen molar-refractivity contribution in [3.63, 3.8) is 0 Å². The first-order chi connectivity index (χ1) is 17.7. The number of aromatic nitrogens is 2. The molecule has 4 rings (SSSR count). The van der Waals surface area contributed by atoms with Gasteiger partial charge in [-0.05, 0) is 51.0 Å². The number of hydrogen-bond donors (Lipinski definition) is 1. The number of aryl methyl sites for hydroxylation is 3. The van der Waals surface area contributed by atoms with Crippen molar-refractivity contribution >= 4 is 17.6 Å². The number of carbonyl (C=O) groups is 3. The SMILES string of the molecule is COc1ccc(CCn2c(C(=O)CN3CCN(C(=O)c4c(C)noc4C)CC3)cc(C(N)=O)c2C)cc1. The molecule has 1 aliphatic heterocycles. The molecular formula is C27H33N5O5. The number of hydrogen-bond acceptors (Lipinski definition) is 7. The van der Waals surface area contributed by atoms with Crippen molar-refractivity contribution in [2.45, 2.75) is 33.7 Å². The minimum absolute atomic E-state index is 0.0872. The van der Waals surface area contributed by atoms with Gasteiger partial charge in [-0.3, -0.25) is 19.3 Å². The van der Waals surface area contributed by atoms with E-state index in [-0.39, 0.29) is 18.2 Å². The van der Waals surface area contributed by atoms with Gasteiger partial charge < -0.3 is 24.5 Å². The van der Waals surface area contributed by atoms with Crippen molar-refractivity contribution in [2.24, 2.45) is 5.73 Å². The molecule has 2 aromatic heterocycles. The minimum atomic E-state index is -0.554. The number of benzene rings is 1. The van der Waals surface area contributed by atoms with Crippen LogP contribution in [0.5, 0.6) is 5.75 Å². The van der Waals surface area contributed by atoms with Gasteiger partial charge in [0.25, 0.3) is 11.8 Å². The zero-order valence-electron chi connectivity index (χ0n) is 21.7. The monoisotopic (exact) mass is 507 g/mol. The fourth-order valence-corrected chi connectivity index (χ4v) is 4.79. The Morgan fingerprint density at radius 2 is 1.73 bits per heavy atom. The Kier molecular flexibility index (Phi) is 7.77. The van der Waals surface area contributed by atoms with Gasteiger partial charge in [-0.15, -0.1) is 0 Å². The predicted octanol–water partition coefficient (Wildman–Crippen LogP) is 2.39. The number of ketones is 1. The molecule has 0 radical (unpaired) electrons. The summed E-state index contributed by atoms with van der Waals surface area (Å²) in [5.74, 6) is 0.547. The quantitative estimate of drug-likeness (QED) is 0.441. The van der Waals surface area contributed by atoms with Gasteiger partial charge in [0.15, 0.2) is 5.78 Å². The second-order valence-corrected chi connectivity index (χ2v) is 9.33. The van der Waals surface area contributed by atoms with Crippen LogP contribution in [-0.2, 0) is 13.0 Å². The highest BCUT2D eigenvalue weighted by atomic mass is 16.5. The van der Waals surface area contributed by atoms with Crippen molar-refractivity contribution in [1.82, 2.24) is 19.5 Å². The van der Waals surface area contributed by atoms with Gasteiger partial charge in [-0.1, -0.05) is 17.3 Å². The normalized spacial score (nSPS) is 14.1. The van der Waals surface area contributed by atoms with Crippen LogP contribution in [0.3, 0.4) is 0 Å². The number of carbonyl (C=O) groups excluding carboxylic acids is 3. The fourth-order valence-electron chi connectivity index (χ4n) is 4.79. The van der Waals surface area contributed by atoms with E-state index in [1.807, 2.05) is 40.7 Å². The Bertz CT molecular complexity index is 1280. The maximum atomic E-state index is 13.4. The van der Waals surface area contributed by atoms with E-state index in [0.717, 1.165) is 11.3 Å². The molecule has 0 unspecified atom stereocenters. The van der Waals surface area contributed by atoms with Gasteiger partial charge in [0, 0.05) is 38.4 Å². The largest absolute Gasteiger partial charge is 0.497 e. The van der Waals surface area contributed by atoms with E-state index >= 15 is 0 Å². The van der Waals surface area contributed by atoms with Crippen molar-refractivity contribution in [2.75, 3.05) is 39.8 Å². The zero-order chi connectivity index (χ0) is 26.7. The third-order valence-electron chi connectivity index (χ3n) is 6.97. The number of rotatable bonds is 9. The summed E-state index contributed by atoms with van der Waals surface area (Å²) in [6.45, 7) is 8.15. The molecule has 0 bridgehead atoms. The second-order valence-electron chi connectivity index (χ2n) is 9.33. The van der Waals surface area contributed by atoms with Gasteiger partial charge in [0.05, 0.1) is 30.6 Å². The third kappa shape index (κ3) is 5.59. The predicted molar refractivity (Wildman–Crippen MR) is 137 cm³/mol. The number of nitrogens with zero attached hydrogens (tertiary/aromatic N) is 4. The van der Waals surface area contributed by atoms with E-state index in [4.69, 9.17) is 15.0 Å². The summed E-state index contributed by atoms with van der Waals surface area (Å²) in [6, 6.07) is 9.37. The molecule has 0 aliphatic carbocycles. The van der Waals surface area contributed by atoms with Crippen molar-refractivity contribution in [3.05, 3.63) is 69.9 Å². The average Bonchev–Trinajstić information content (AvgIpc) is 3.41. The highest BCUT2D eigenvalue weighted by Gasteiger charge is 2.28. The Labute approximate surface area is 215 Å². The van der Waals surface area contributed by atoms with Crippen LogP contribution in [0.2, 0.25) is 0 Å². The molecule has 37 heavy (non-hydrogen) atoms. The number of amides is 2. The van der Waals surface area contributed by atoms with Crippen LogP contribution < -0.4 is 10.5 Å². The van der Waals surface area contributed by atoms with Crippen molar-refractivity contribution in [1.29, 1.82) is 0 Å². The lowest BCUT2D eigenvalue weighted by Gasteiger charge is -2.34. The van der Waals surface area contributed by atoms with Gasteiger partial charge in [-0.25, -0.2) is 0 Å². The van der Waals surface area contributed by atoms with Crippen LogP contribution in [0, 0.1) is 20.8 Å². The zero-order valence-corrected chi connectivity index (χ0v) is 21.7. The van der Waals surface area contributed by atoms with E-state index in [9.17, 15) is 14.4 Å². The lowest BCUT2D eigenvalue weighted by Crippen LogP contribution is -2.50. The Morgan fingerprint density at radius 1 is 1.05 bits per heavy atom. The smallest absolute Gasteiger partial charge is 0.259 e. The molecular weight excluding hydrogens is 474 g/mol. The first-order valence-electron chi connectivity index (χ1n) is 12.3. The number of ether oxygens (including phenoxy) is 1. The van der Waals surface area contributed by atoms with Crippen molar-refractivity contribution < 1.29 is 23.6 Å². The molecule has 0 spiro atoms. The topological polar surface area (TPSA) is 124 Å². The summed E-state index contributed by atoms with van der Waals surface area (Å²) < 4.78 is 12.2. The van der Waals surface area contributed by atoms with Crippen LogP contribution >= 0.6 is 0 Å². The van der Waals surface area contributed by atoms with E-state index in [1.54, 1.807) is 31.9 Å². The van der Waals surface area contributed by atoms with Gasteiger partial charge in [0.1, 0.15) is 17.1 Å². The summed E-state index contributed by atoms with van der Waals surface area (Å²) in [6.07, 6.45) is 0.681. The van der Waals surface area contributed by atoms with Crippen LogP contribution in [0.4, 0.5) is 0 Å². The first kappa shape index (κ1) is 26.2. The summed E-state index contributed by atoms with van der Waals surface area (Å²) in [4.78, 5) is 42.1. The summed E-state index contributed by atoms with van der Waals surface area (Å²) in [7, 11) is 1.62. The first-order valence-corrected chi connectivity index (χ1v) is 12.3. The average molecular weight is 508 g/mol. The molecule has 3 aromatic rings. The standard InChI is InChI=1S/C27H33N5O5/c1-17-25(19(3)37-29-17)27(35)31-13-11-30(12-14-31)16-24(33)23-15-22(26(28)34)18(2)32(23)10-9-20-5-7-21(36-4)8-6-20/h5-8,15H,9-14,16H2,1-4H3,(H2,28,34). The molecule has 1 saturated heterocycles. The minimum Gasteiger partial charge on any atom is -0.497 e. The van der Waals surface area contributed by atoms with Crippen LogP contribution in [0.15, 0.2) is 34.9 Å². The van der Waals surface area contributed by atoms with Crippen LogP contribution in [-0.4, -0.2) is 77.0 Å². The maximum Gasteiger partial charge on any atom is 0.259 e. The highest BCUT2D eigenvalue weighted by molar-refractivity contribution is 6.01. The van der Waals surface area contributed by atoms with Gasteiger partial charge in [-0.2, -0.15) is 0 Å². The maximum absolute atomic E-state index is 13.4. The molecule has 2 amide bonds. The number of primary amides is 1. The van der Waals surface area contributed by atoms with E-state index in [1.165, 1.54) is 0 Å².